The van der Waals surface area contributed by atoms with Gasteiger partial charge < -0.3 is 15.0 Å². The van der Waals surface area contributed by atoms with Gasteiger partial charge >= 0.3 is 0 Å². The topological polar surface area (TPSA) is 67.4 Å². The van der Waals surface area contributed by atoms with Gasteiger partial charge in [0.1, 0.15) is 17.8 Å². The average molecular weight is 391 g/mol. The molecule has 1 atom stereocenters. The number of hydrogen-bond acceptors (Lipinski definition) is 5. The van der Waals surface area contributed by atoms with Crippen LogP contribution in [0.2, 0.25) is 0 Å². The quantitative estimate of drug-likeness (QED) is 0.868. The molecule has 1 aliphatic rings. The molecule has 24 heavy (non-hydrogen) atoms. The third-order valence-electron chi connectivity index (χ3n) is 3.94. The summed E-state index contributed by atoms with van der Waals surface area (Å²) in [5.41, 5.74) is 1.41. The van der Waals surface area contributed by atoms with Gasteiger partial charge in [0.25, 0.3) is 5.91 Å². The van der Waals surface area contributed by atoms with Crippen LogP contribution in [0.1, 0.15) is 29.0 Å². The summed E-state index contributed by atoms with van der Waals surface area (Å²) in [6, 6.07) is 9.50. The highest BCUT2D eigenvalue weighted by molar-refractivity contribution is 9.10. The number of hydrogen-bond donors (Lipinski definition) is 1. The first-order valence-corrected chi connectivity index (χ1v) is 8.64. The van der Waals surface area contributed by atoms with Gasteiger partial charge in [0.15, 0.2) is 0 Å². The van der Waals surface area contributed by atoms with E-state index in [0.717, 1.165) is 28.9 Å². The molecular weight excluding hydrogens is 372 g/mol. The molecule has 2 aromatic rings. The number of carbonyl (C=O) groups excluding carboxylic acids is 1. The van der Waals surface area contributed by atoms with E-state index >= 15 is 0 Å². The molecule has 1 fully saturated rings. The van der Waals surface area contributed by atoms with Crippen LogP contribution >= 0.6 is 15.9 Å². The maximum absolute atomic E-state index is 12.5. The standard InChI is InChI=1S/C17H19BrN4O2/c1-12(13-2-4-14(18)5-3-13)21-17(23)15-10-16(20-11-19-15)22-6-8-24-9-7-22/h2-5,10-12H,6-9H2,1H3,(H,21,23)/t12-/m1/s1. The number of nitrogens with zero attached hydrogens (tertiary/aromatic N) is 3. The highest BCUT2D eigenvalue weighted by Crippen LogP contribution is 2.18. The number of aromatic nitrogens is 2. The van der Waals surface area contributed by atoms with Crippen LogP contribution in [0.4, 0.5) is 5.82 Å². The highest BCUT2D eigenvalue weighted by atomic mass is 79.9. The van der Waals surface area contributed by atoms with E-state index < -0.39 is 0 Å². The minimum absolute atomic E-state index is 0.104. The first-order chi connectivity index (χ1) is 11.6. The average Bonchev–Trinajstić information content (AvgIpc) is 2.63. The van der Waals surface area contributed by atoms with Gasteiger partial charge in [0.05, 0.1) is 19.3 Å². The summed E-state index contributed by atoms with van der Waals surface area (Å²) in [4.78, 5) is 22.9. The minimum Gasteiger partial charge on any atom is -0.378 e. The molecule has 0 unspecified atom stereocenters. The lowest BCUT2D eigenvalue weighted by atomic mass is 10.1. The number of anilines is 1. The highest BCUT2D eigenvalue weighted by Gasteiger charge is 2.17. The van der Waals surface area contributed by atoms with Gasteiger partial charge in [0, 0.05) is 23.6 Å². The zero-order valence-corrected chi connectivity index (χ0v) is 15.0. The van der Waals surface area contributed by atoms with Crippen molar-refractivity contribution in [3.63, 3.8) is 0 Å². The zero-order chi connectivity index (χ0) is 16.9. The van der Waals surface area contributed by atoms with Crippen molar-refractivity contribution in [2.75, 3.05) is 31.2 Å². The van der Waals surface area contributed by atoms with Crippen LogP contribution in [0.5, 0.6) is 0 Å². The molecule has 0 bridgehead atoms. The Balaban J connectivity index is 1.69. The molecule has 0 saturated carbocycles. The summed E-state index contributed by atoms with van der Waals surface area (Å²) in [5, 5.41) is 2.97. The van der Waals surface area contributed by atoms with Crippen molar-refractivity contribution in [1.82, 2.24) is 15.3 Å². The number of halogens is 1. The van der Waals surface area contributed by atoms with Crippen LogP contribution in [0.3, 0.4) is 0 Å². The number of amides is 1. The van der Waals surface area contributed by atoms with Gasteiger partial charge in [-0.05, 0) is 24.6 Å². The molecule has 1 aromatic carbocycles. The largest absolute Gasteiger partial charge is 0.378 e. The lowest BCUT2D eigenvalue weighted by molar-refractivity contribution is 0.0934. The Morgan fingerprint density at radius 2 is 1.96 bits per heavy atom. The van der Waals surface area contributed by atoms with Crippen molar-refractivity contribution in [3.8, 4) is 0 Å². The maximum Gasteiger partial charge on any atom is 0.270 e. The first-order valence-electron chi connectivity index (χ1n) is 7.84. The van der Waals surface area contributed by atoms with Gasteiger partial charge in [-0.15, -0.1) is 0 Å². The fraction of sp³-hybridized carbons (Fsp3) is 0.353. The Labute approximate surface area is 149 Å². The fourth-order valence-corrected chi connectivity index (χ4v) is 2.81. The van der Waals surface area contributed by atoms with Gasteiger partial charge in [-0.25, -0.2) is 9.97 Å². The van der Waals surface area contributed by atoms with E-state index in [1.165, 1.54) is 6.33 Å². The lowest BCUT2D eigenvalue weighted by Crippen LogP contribution is -2.37. The normalized spacial score (nSPS) is 15.8. The Bertz CT molecular complexity index is 702. The smallest absolute Gasteiger partial charge is 0.270 e. The predicted octanol–water partition coefficient (Wildman–Crippen LogP) is 2.57. The van der Waals surface area contributed by atoms with E-state index in [-0.39, 0.29) is 11.9 Å². The van der Waals surface area contributed by atoms with E-state index in [1.807, 2.05) is 31.2 Å². The molecule has 6 nitrogen and oxygen atoms in total. The Morgan fingerprint density at radius 3 is 2.67 bits per heavy atom. The summed E-state index contributed by atoms with van der Waals surface area (Å²) in [6.45, 7) is 4.84. The van der Waals surface area contributed by atoms with Gasteiger partial charge in [-0.2, -0.15) is 0 Å². The molecule has 1 amide bonds. The zero-order valence-electron chi connectivity index (χ0n) is 13.4. The first kappa shape index (κ1) is 16.9. The molecular formula is C17H19BrN4O2. The number of morpholine rings is 1. The van der Waals surface area contributed by atoms with Gasteiger partial charge in [-0.1, -0.05) is 28.1 Å². The van der Waals surface area contributed by atoms with Crippen molar-refractivity contribution >= 4 is 27.7 Å². The molecule has 126 valence electrons. The number of ether oxygens (including phenoxy) is 1. The SMILES string of the molecule is C[C@@H](NC(=O)c1cc(N2CCOCC2)ncn1)c1ccc(Br)cc1. The van der Waals surface area contributed by atoms with E-state index in [2.05, 4.69) is 36.1 Å². The molecule has 0 spiro atoms. The molecule has 1 aromatic heterocycles. The summed E-state index contributed by atoms with van der Waals surface area (Å²) < 4.78 is 6.35. The predicted molar refractivity (Wildman–Crippen MR) is 95.1 cm³/mol. The Morgan fingerprint density at radius 1 is 1.25 bits per heavy atom. The van der Waals surface area contributed by atoms with Crippen LogP contribution < -0.4 is 10.2 Å². The van der Waals surface area contributed by atoms with E-state index in [4.69, 9.17) is 4.74 Å². The molecule has 2 heterocycles. The number of nitrogens with one attached hydrogen (secondary N) is 1. The Hall–Kier alpha value is -1.99. The molecule has 0 radical (unpaired) electrons. The van der Waals surface area contributed by atoms with Crippen LogP contribution in [0, 0.1) is 0 Å². The van der Waals surface area contributed by atoms with Crippen LogP contribution in [-0.2, 0) is 4.74 Å². The molecule has 1 aliphatic heterocycles. The second-order valence-electron chi connectivity index (χ2n) is 5.61. The molecule has 3 rings (SSSR count). The van der Waals surface area contributed by atoms with Crippen LogP contribution in [0.25, 0.3) is 0 Å². The van der Waals surface area contributed by atoms with Crippen molar-refractivity contribution in [2.24, 2.45) is 0 Å². The molecule has 1 saturated heterocycles. The Kier molecular flexibility index (Phi) is 5.42. The maximum atomic E-state index is 12.5. The van der Waals surface area contributed by atoms with E-state index in [9.17, 15) is 4.79 Å². The van der Waals surface area contributed by atoms with Gasteiger partial charge in [0.2, 0.25) is 0 Å². The van der Waals surface area contributed by atoms with Crippen LogP contribution in [-0.4, -0.2) is 42.2 Å². The minimum atomic E-state index is -0.206. The number of rotatable bonds is 4. The summed E-state index contributed by atoms with van der Waals surface area (Å²) in [5.74, 6) is 0.553. The number of carbonyl (C=O) groups is 1. The molecule has 1 N–H and O–H groups in total. The van der Waals surface area contributed by atoms with E-state index in [0.29, 0.717) is 18.9 Å². The van der Waals surface area contributed by atoms with Crippen molar-refractivity contribution in [2.45, 2.75) is 13.0 Å². The monoisotopic (exact) mass is 390 g/mol. The second-order valence-corrected chi connectivity index (χ2v) is 6.52. The molecule has 0 aliphatic carbocycles. The third kappa shape index (κ3) is 4.10. The van der Waals surface area contributed by atoms with Gasteiger partial charge in [-0.3, -0.25) is 4.79 Å². The van der Waals surface area contributed by atoms with Crippen molar-refractivity contribution in [3.05, 3.63) is 52.4 Å². The fourth-order valence-electron chi connectivity index (χ4n) is 2.54. The van der Waals surface area contributed by atoms with Crippen LogP contribution in [0.15, 0.2) is 41.1 Å². The summed E-state index contributed by atoms with van der Waals surface area (Å²) in [6.07, 6.45) is 1.43. The van der Waals surface area contributed by atoms with Crippen molar-refractivity contribution in [1.29, 1.82) is 0 Å². The third-order valence-corrected chi connectivity index (χ3v) is 4.47. The van der Waals surface area contributed by atoms with Crippen molar-refractivity contribution < 1.29 is 9.53 Å². The summed E-state index contributed by atoms with van der Waals surface area (Å²) in [7, 11) is 0. The second kappa shape index (κ2) is 7.72. The van der Waals surface area contributed by atoms with E-state index in [1.54, 1.807) is 6.07 Å². The molecule has 7 heteroatoms. The number of benzene rings is 1. The summed E-state index contributed by atoms with van der Waals surface area (Å²) >= 11 is 3.41. The lowest BCUT2D eigenvalue weighted by Gasteiger charge is -2.27.